The molecule has 3 aromatic rings. The second kappa shape index (κ2) is 13.0. The average Bonchev–Trinajstić information content (AvgIpc) is 2.92. The molecule has 0 aliphatic heterocycles. The summed E-state index contributed by atoms with van der Waals surface area (Å²) in [6.45, 7) is 4.99. The summed E-state index contributed by atoms with van der Waals surface area (Å²) in [5.41, 5.74) is 2.58. The van der Waals surface area contributed by atoms with Gasteiger partial charge >= 0.3 is 0 Å². The molecular formula is C29H34ClN3O5S. The molecule has 0 fully saturated rings. The molecule has 1 N–H and O–H groups in total. The Kier molecular flexibility index (Phi) is 9.99. The van der Waals surface area contributed by atoms with E-state index < -0.39 is 28.5 Å². The van der Waals surface area contributed by atoms with Gasteiger partial charge in [0.1, 0.15) is 18.3 Å². The standard InChI is InChI=1S/C29H34ClN3O5S/c1-6-26(29(35)31-4)32(18-22-9-12-24(38-5)13-10-22)28(34)19-33(27-16-11-23(30)17-21(27)3)39(36,37)25-14-7-20(2)8-15-25/h7-17,26H,6,18-19H2,1-5H3,(H,31,35)/t26-/m0/s1. The first-order chi connectivity index (χ1) is 18.5. The topological polar surface area (TPSA) is 96.0 Å². The van der Waals surface area contributed by atoms with Crippen LogP contribution in [0.1, 0.15) is 30.0 Å². The number of benzene rings is 3. The Morgan fingerprint density at radius 2 is 1.64 bits per heavy atom. The number of sulfonamides is 1. The van der Waals surface area contributed by atoms with E-state index in [0.29, 0.717) is 28.4 Å². The number of hydrogen-bond acceptors (Lipinski definition) is 5. The van der Waals surface area contributed by atoms with E-state index in [2.05, 4.69) is 5.32 Å². The van der Waals surface area contributed by atoms with Gasteiger partial charge in [0.05, 0.1) is 17.7 Å². The van der Waals surface area contributed by atoms with Gasteiger partial charge in [0.25, 0.3) is 10.0 Å². The fourth-order valence-electron chi connectivity index (χ4n) is 4.26. The number of nitrogens with zero attached hydrogens (tertiary/aromatic N) is 2. The minimum atomic E-state index is -4.15. The highest BCUT2D eigenvalue weighted by atomic mass is 35.5. The molecule has 1 atom stereocenters. The summed E-state index contributed by atoms with van der Waals surface area (Å²) in [6, 6.07) is 17.6. The van der Waals surface area contributed by atoms with Crippen LogP contribution < -0.4 is 14.4 Å². The third-order valence-electron chi connectivity index (χ3n) is 6.46. The first-order valence-corrected chi connectivity index (χ1v) is 14.3. The predicted molar refractivity (Wildman–Crippen MR) is 154 cm³/mol. The van der Waals surface area contributed by atoms with Crippen molar-refractivity contribution in [3.05, 3.63) is 88.4 Å². The molecule has 0 spiro atoms. The molecule has 2 amide bonds. The molecule has 0 aliphatic carbocycles. The molecule has 10 heteroatoms. The Balaban J connectivity index is 2.08. The number of carbonyl (C=O) groups is 2. The summed E-state index contributed by atoms with van der Waals surface area (Å²) < 4.78 is 34.2. The molecule has 0 saturated heterocycles. The Morgan fingerprint density at radius 1 is 1.00 bits per heavy atom. The number of aryl methyl sites for hydroxylation is 2. The zero-order valence-corrected chi connectivity index (χ0v) is 24.3. The highest BCUT2D eigenvalue weighted by molar-refractivity contribution is 7.92. The van der Waals surface area contributed by atoms with Crippen LogP contribution in [-0.4, -0.2) is 51.9 Å². The van der Waals surface area contributed by atoms with E-state index in [1.54, 1.807) is 75.6 Å². The average molecular weight is 572 g/mol. The summed E-state index contributed by atoms with van der Waals surface area (Å²) in [5.74, 6) is -0.204. The number of rotatable bonds is 11. The molecule has 3 aromatic carbocycles. The van der Waals surface area contributed by atoms with Crippen LogP contribution in [0.3, 0.4) is 0 Å². The van der Waals surface area contributed by atoms with Crippen molar-refractivity contribution in [3.8, 4) is 5.75 Å². The molecule has 0 unspecified atom stereocenters. The van der Waals surface area contributed by atoms with Crippen molar-refractivity contribution in [2.75, 3.05) is 25.0 Å². The smallest absolute Gasteiger partial charge is 0.264 e. The first-order valence-electron chi connectivity index (χ1n) is 12.5. The molecule has 0 saturated carbocycles. The van der Waals surface area contributed by atoms with Gasteiger partial charge in [0.2, 0.25) is 11.8 Å². The van der Waals surface area contributed by atoms with Crippen LogP contribution in [0, 0.1) is 13.8 Å². The number of carbonyl (C=O) groups excluding carboxylic acids is 2. The normalized spacial score (nSPS) is 11.9. The van der Waals surface area contributed by atoms with Gasteiger partial charge in [-0.2, -0.15) is 0 Å². The van der Waals surface area contributed by atoms with Gasteiger partial charge in [-0.1, -0.05) is 48.4 Å². The largest absolute Gasteiger partial charge is 0.497 e. The Hall–Kier alpha value is -3.56. The molecule has 8 nitrogen and oxygen atoms in total. The number of nitrogens with one attached hydrogen (secondary N) is 1. The lowest BCUT2D eigenvalue weighted by molar-refractivity contribution is -0.140. The van der Waals surface area contributed by atoms with Crippen LogP contribution >= 0.6 is 11.6 Å². The van der Waals surface area contributed by atoms with Crippen LogP contribution in [0.4, 0.5) is 5.69 Å². The van der Waals surface area contributed by atoms with Crippen molar-refractivity contribution in [2.24, 2.45) is 0 Å². The van der Waals surface area contributed by atoms with Crippen LogP contribution in [0.2, 0.25) is 5.02 Å². The van der Waals surface area contributed by atoms with Gasteiger partial charge < -0.3 is 15.0 Å². The van der Waals surface area contributed by atoms with Crippen molar-refractivity contribution in [3.63, 3.8) is 0 Å². The lowest BCUT2D eigenvalue weighted by atomic mass is 10.1. The second-order valence-corrected chi connectivity index (χ2v) is 11.5. The molecule has 0 radical (unpaired) electrons. The van der Waals surface area contributed by atoms with Gasteiger partial charge in [0.15, 0.2) is 0 Å². The zero-order chi connectivity index (χ0) is 28.7. The third kappa shape index (κ3) is 7.10. The third-order valence-corrected chi connectivity index (χ3v) is 8.47. The van der Waals surface area contributed by atoms with E-state index in [9.17, 15) is 18.0 Å². The van der Waals surface area contributed by atoms with E-state index in [-0.39, 0.29) is 17.3 Å². The minimum Gasteiger partial charge on any atom is -0.497 e. The molecule has 0 heterocycles. The van der Waals surface area contributed by atoms with Gasteiger partial charge in [-0.25, -0.2) is 8.42 Å². The molecule has 39 heavy (non-hydrogen) atoms. The van der Waals surface area contributed by atoms with E-state index in [0.717, 1.165) is 15.4 Å². The van der Waals surface area contributed by atoms with Crippen LogP contribution in [0.25, 0.3) is 0 Å². The molecule has 0 bridgehead atoms. The van der Waals surface area contributed by atoms with Crippen molar-refractivity contribution >= 4 is 39.1 Å². The SMILES string of the molecule is CC[C@@H](C(=O)NC)N(Cc1ccc(OC)cc1)C(=O)CN(c1ccc(Cl)cc1C)S(=O)(=O)c1ccc(C)cc1. The highest BCUT2D eigenvalue weighted by Gasteiger charge is 2.34. The number of ether oxygens (including phenoxy) is 1. The zero-order valence-electron chi connectivity index (χ0n) is 22.8. The number of amides is 2. The lowest BCUT2D eigenvalue weighted by Crippen LogP contribution is -2.51. The fraction of sp³-hybridized carbons (Fsp3) is 0.310. The highest BCUT2D eigenvalue weighted by Crippen LogP contribution is 2.30. The van der Waals surface area contributed by atoms with E-state index in [1.807, 2.05) is 6.92 Å². The van der Waals surface area contributed by atoms with Gasteiger partial charge in [-0.3, -0.25) is 13.9 Å². The summed E-state index contributed by atoms with van der Waals surface area (Å²) in [5, 5.41) is 3.06. The van der Waals surface area contributed by atoms with Crippen LogP contribution in [0.15, 0.2) is 71.6 Å². The van der Waals surface area contributed by atoms with Gasteiger partial charge in [-0.15, -0.1) is 0 Å². The second-order valence-electron chi connectivity index (χ2n) is 9.16. The quantitative estimate of drug-likeness (QED) is 0.359. The van der Waals surface area contributed by atoms with Gasteiger partial charge in [-0.05, 0) is 73.9 Å². The van der Waals surface area contributed by atoms with Crippen molar-refractivity contribution in [1.82, 2.24) is 10.2 Å². The van der Waals surface area contributed by atoms with Crippen LogP contribution in [0.5, 0.6) is 5.75 Å². The maximum atomic E-state index is 14.0. The number of likely N-dealkylation sites (N-methyl/N-ethyl adjacent to an activating group) is 1. The summed E-state index contributed by atoms with van der Waals surface area (Å²) in [7, 11) is -1.08. The number of methoxy groups -OCH3 is 1. The molecule has 208 valence electrons. The number of hydrogen-bond donors (Lipinski definition) is 1. The molecule has 0 aliphatic rings. The van der Waals surface area contributed by atoms with Crippen LogP contribution in [-0.2, 0) is 26.2 Å². The van der Waals surface area contributed by atoms with Gasteiger partial charge in [0, 0.05) is 18.6 Å². The summed E-state index contributed by atoms with van der Waals surface area (Å²) >= 11 is 6.15. The maximum absolute atomic E-state index is 14.0. The maximum Gasteiger partial charge on any atom is 0.264 e. The van der Waals surface area contributed by atoms with E-state index >= 15 is 0 Å². The van der Waals surface area contributed by atoms with E-state index in [4.69, 9.17) is 16.3 Å². The Morgan fingerprint density at radius 3 is 2.18 bits per heavy atom. The Bertz CT molecular complexity index is 1410. The first kappa shape index (κ1) is 30.0. The molecule has 0 aromatic heterocycles. The van der Waals surface area contributed by atoms with Crippen molar-refractivity contribution < 1.29 is 22.7 Å². The fourth-order valence-corrected chi connectivity index (χ4v) is 5.97. The Labute approximate surface area is 235 Å². The number of halogens is 1. The monoisotopic (exact) mass is 571 g/mol. The molecular weight excluding hydrogens is 538 g/mol. The number of anilines is 1. The predicted octanol–water partition coefficient (Wildman–Crippen LogP) is 4.71. The van der Waals surface area contributed by atoms with E-state index in [1.165, 1.54) is 24.1 Å². The van der Waals surface area contributed by atoms with Crippen molar-refractivity contribution in [1.29, 1.82) is 0 Å². The summed E-state index contributed by atoms with van der Waals surface area (Å²) in [6.07, 6.45) is 0.340. The summed E-state index contributed by atoms with van der Waals surface area (Å²) in [4.78, 5) is 28.3. The van der Waals surface area contributed by atoms with Crippen molar-refractivity contribution in [2.45, 2.75) is 44.7 Å². The minimum absolute atomic E-state index is 0.0512. The lowest BCUT2D eigenvalue weighted by Gasteiger charge is -2.33. The molecule has 3 rings (SSSR count).